The molecule has 1 atom stereocenters. The minimum absolute atomic E-state index is 0.00393. The van der Waals surface area contributed by atoms with Crippen molar-refractivity contribution in [3.05, 3.63) is 29.3 Å². The molecule has 0 bridgehead atoms. The molecule has 1 aromatic rings. The molecule has 17 heavy (non-hydrogen) atoms. The van der Waals surface area contributed by atoms with Crippen molar-refractivity contribution in [1.29, 1.82) is 0 Å². The van der Waals surface area contributed by atoms with Gasteiger partial charge in [-0.3, -0.25) is 4.79 Å². The van der Waals surface area contributed by atoms with Crippen molar-refractivity contribution in [2.75, 3.05) is 13.2 Å². The third-order valence-electron chi connectivity index (χ3n) is 3.02. The van der Waals surface area contributed by atoms with Gasteiger partial charge in [0.1, 0.15) is 5.75 Å². The summed E-state index contributed by atoms with van der Waals surface area (Å²) in [4.78, 5) is 11.6. The molecule has 0 fully saturated rings. The zero-order valence-corrected chi connectivity index (χ0v) is 10.0. The van der Waals surface area contributed by atoms with Crippen LogP contribution in [-0.2, 0) is 17.8 Å². The fourth-order valence-corrected chi connectivity index (χ4v) is 1.82. The fraction of sp³-hybridized carbons (Fsp3) is 0.462. The molecule has 0 aromatic heterocycles. The minimum Gasteiger partial charge on any atom is -0.493 e. The van der Waals surface area contributed by atoms with E-state index < -0.39 is 0 Å². The van der Waals surface area contributed by atoms with Crippen LogP contribution in [0, 0.1) is 5.92 Å². The summed E-state index contributed by atoms with van der Waals surface area (Å²) in [7, 11) is 0. The van der Waals surface area contributed by atoms with Gasteiger partial charge in [-0.2, -0.15) is 0 Å². The van der Waals surface area contributed by atoms with Crippen LogP contribution in [0.15, 0.2) is 18.2 Å². The number of carbonyl (C=O) groups is 1. The molecule has 4 nitrogen and oxygen atoms in total. The summed E-state index contributed by atoms with van der Waals surface area (Å²) >= 11 is 0. The summed E-state index contributed by atoms with van der Waals surface area (Å²) in [5.41, 5.74) is 7.77. The van der Waals surface area contributed by atoms with Gasteiger partial charge in [-0.25, -0.2) is 0 Å². The molecule has 92 valence electrons. The van der Waals surface area contributed by atoms with Crippen molar-refractivity contribution in [3.8, 4) is 5.75 Å². The molecule has 0 spiro atoms. The van der Waals surface area contributed by atoms with Crippen LogP contribution >= 0.6 is 0 Å². The van der Waals surface area contributed by atoms with Gasteiger partial charge in [0.25, 0.3) is 0 Å². The molecule has 4 heteroatoms. The van der Waals surface area contributed by atoms with Crippen molar-refractivity contribution < 1.29 is 9.53 Å². The predicted octanol–water partition coefficient (Wildman–Crippen LogP) is 0.833. The molecule has 0 saturated carbocycles. The number of nitrogens with one attached hydrogen (secondary N) is 1. The molecule has 2 rings (SSSR count). The molecule has 0 aliphatic carbocycles. The van der Waals surface area contributed by atoms with Gasteiger partial charge in [-0.15, -0.1) is 0 Å². The number of fused-ring (bicyclic) bond motifs is 1. The van der Waals surface area contributed by atoms with Crippen LogP contribution in [0.5, 0.6) is 5.75 Å². The number of hydrogen-bond acceptors (Lipinski definition) is 3. The molecule has 0 radical (unpaired) electrons. The Morgan fingerprint density at radius 1 is 1.59 bits per heavy atom. The first-order valence-corrected chi connectivity index (χ1v) is 5.93. The van der Waals surface area contributed by atoms with E-state index in [0.29, 0.717) is 13.1 Å². The van der Waals surface area contributed by atoms with Crippen LogP contribution in [0.2, 0.25) is 0 Å². The monoisotopic (exact) mass is 234 g/mol. The number of amides is 1. The molecule has 1 unspecified atom stereocenters. The Bertz CT molecular complexity index is 418. The van der Waals surface area contributed by atoms with Gasteiger partial charge >= 0.3 is 0 Å². The number of nitrogens with two attached hydrogens (primary N) is 1. The van der Waals surface area contributed by atoms with E-state index in [1.54, 1.807) is 0 Å². The van der Waals surface area contributed by atoms with E-state index >= 15 is 0 Å². The second kappa shape index (κ2) is 5.19. The summed E-state index contributed by atoms with van der Waals surface area (Å²) in [5, 5.41) is 2.88. The lowest BCUT2D eigenvalue weighted by atomic mass is 10.1. The first kappa shape index (κ1) is 11.9. The maximum atomic E-state index is 11.6. The van der Waals surface area contributed by atoms with Crippen molar-refractivity contribution in [3.63, 3.8) is 0 Å². The minimum atomic E-state index is -0.132. The standard InChI is InChI=1S/C13H18N2O2/c1-9(7-14)13(16)15-8-10-2-3-12-11(6-10)4-5-17-12/h2-3,6,9H,4-5,7-8,14H2,1H3,(H,15,16). The smallest absolute Gasteiger partial charge is 0.224 e. The summed E-state index contributed by atoms with van der Waals surface area (Å²) in [6.07, 6.45) is 0.955. The lowest BCUT2D eigenvalue weighted by Crippen LogP contribution is -2.32. The second-order valence-corrected chi connectivity index (χ2v) is 4.40. The topological polar surface area (TPSA) is 64.4 Å². The van der Waals surface area contributed by atoms with Gasteiger partial charge in [0.15, 0.2) is 0 Å². The van der Waals surface area contributed by atoms with Gasteiger partial charge < -0.3 is 15.8 Å². The highest BCUT2D eigenvalue weighted by Crippen LogP contribution is 2.25. The van der Waals surface area contributed by atoms with Crippen LogP contribution in [0.4, 0.5) is 0 Å². The maximum Gasteiger partial charge on any atom is 0.224 e. The van der Waals surface area contributed by atoms with Gasteiger partial charge in [0, 0.05) is 25.4 Å². The van der Waals surface area contributed by atoms with E-state index in [1.807, 2.05) is 19.1 Å². The van der Waals surface area contributed by atoms with Gasteiger partial charge in [0.05, 0.1) is 6.61 Å². The first-order chi connectivity index (χ1) is 8.20. The molecule has 3 N–H and O–H groups in total. The average molecular weight is 234 g/mol. The van der Waals surface area contributed by atoms with E-state index in [2.05, 4.69) is 11.4 Å². The highest BCUT2D eigenvalue weighted by Gasteiger charge is 2.13. The second-order valence-electron chi connectivity index (χ2n) is 4.40. The lowest BCUT2D eigenvalue weighted by molar-refractivity contribution is -0.124. The van der Waals surface area contributed by atoms with Crippen molar-refractivity contribution in [2.45, 2.75) is 19.9 Å². The summed E-state index contributed by atoms with van der Waals surface area (Å²) in [6, 6.07) is 6.05. The molecule has 1 aromatic carbocycles. The Morgan fingerprint density at radius 2 is 2.41 bits per heavy atom. The van der Waals surface area contributed by atoms with Gasteiger partial charge in [-0.1, -0.05) is 19.1 Å². The first-order valence-electron chi connectivity index (χ1n) is 5.93. The van der Waals surface area contributed by atoms with Gasteiger partial charge in [0.2, 0.25) is 5.91 Å². The van der Waals surface area contributed by atoms with E-state index in [0.717, 1.165) is 24.3 Å². The Kier molecular flexibility index (Phi) is 3.64. The average Bonchev–Trinajstić information content (AvgIpc) is 2.82. The maximum absolute atomic E-state index is 11.6. The van der Waals surface area contributed by atoms with E-state index in [9.17, 15) is 4.79 Å². The number of benzene rings is 1. The molecule has 1 aliphatic heterocycles. The summed E-state index contributed by atoms with van der Waals surface area (Å²) in [6.45, 7) is 3.52. The highest BCUT2D eigenvalue weighted by atomic mass is 16.5. The van der Waals surface area contributed by atoms with Crippen LogP contribution in [0.25, 0.3) is 0 Å². The van der Waals surface area contributed by atoms with E-state index in [4.69, 9.17) is 10.5 Å². The van der Waals surface area contributed by atoms with E-state index in [1.165, 1.54) is 5.56 Å². The predicted molar refractivity (Wildman–Crippen MR) is 65.7 cm³/mol. The largest absolute Gasteiger partial charge is 0.493 e. The molecule has 1 heterocycles. The van der Waals surface area contributed by atoms with Crippen LogP contribution in [0.1, 0.15) is 18.1 Å². The Hall–Kier alpha value is -1.55. The quantitative estimate of drug-likeness (QED) is 0.811. The number of ether oxygens (including phenoxy) is 1. The van der Waals surface area contributed by atoms with Crippen molar-refractivity contribution in [2.24, 2.45) is 11.7 Å². The zero-order valence-electron chi connectivity index (χ0n) is 10.0. The van der Waals surface area contributed by atoms with Crippen molar-refractivity contribution >= 4 is 5.91 Å². The third-order valence-corrected chi connectivity index (χ3v) is 3.02. The van der Waals surface area contributed by atoms with Crippen LogP contribution < -0.4 is 15.8 Å². The highest BCUT2D eigenvalue weighted by molar-refractivity contribution is 5.78. The Balaban J connectivity index is 1.93. The van der Waals surface area contributed by atoms with Crippen LogP contribution in [-0.4, -0.2) is 19.1 Å². The molecular formula is C13H18N2O2. The zero-order chi connectivity index (χ0) is 12.3. The summed E-state index contributed by atoms with van der Waals surface area (Å²) in [5.74, 6) is 0.840. The Morgan fingerprint density at radius 3 is 3.18 bits per heavy atom. The van der Waals surface area contributed by atoms with Crippen molar-refractivity contribution in [1.82, 2.24) is 5.32 Å². The van der Waals surface area contributed by atoms with Gasteiger partial charge in [-0.05, 0) is 17.2 Å². The van der Waals surface area contributed by atoms with E-state index in [-0.39, 0.29) is 11.8 Å². The fourth-order valence-electron chi connectivity index (χ4n) is 1.82. The normalized spacial score (nSPS) is 14.9. The third kappa shape index (κ3) is 2.77. The molecule has 1 amide bonds. The lowest BCUT2D eigenvalue weighted by Gasteiger charge is -2.10. The number of rotatable bonds is 4. The SMILES string of the molecule is CC(CN)C(=O)NCc1ccc2c(c1)CCO2. The molecule has 1 aliphatic rings. The summed E-state index contributed by atoms with van der Waals surface area (Å²) < 4.78 is 5.43. The molecule has 0 saturated heterocycles. The molecular weight excluding hydrogens is 216 g/mol. The Labute approximate surface area is 101 Å². The number of carbonyl (C=O) groups excluding carboxylic acids is 1. The van der Waals surface area contributed by atoms with Crippen LogP contribution in [0.3, 0.4) is 0 Å². The number of hydrogen-bond donors (Lipinski definition) is 2.